The van der Waals surface area contributed by atoms with Crippen LogP contribution in [0, 0.1) is 5.92 Å². The second-order valence-corrected chi connectivity index (χ2v) is 9.87. The zero-order chi connectivity index (χ0) is 20.4. The van der Waals surface area contributed by atoms with Crippen LogP contribution in [0.5, 0.6) is 5.75 Å². The summed E-state index contributed by atoms with van der Waals surface area (Å²) in [4.78, 5) is 24.5. The molecular formula is C19H26O7S. The Morgan fingerprint density at radius 2 is 1.85 bits per heavy atom. The first-order valence-electron chi connectivity index (χ1n) is 8.69. The van der Waals surface area contributed by atoms with Crippen molar-refractivity contribution in [3.8, 4) is 5.75 Å². The van der Waals surface area contributed by atoms with E-state index in [1.165, 1.54) is 25.3 Å². The Morgan fingerprint density at radius 1 is 1.22 bits per heavy atom. The van der Waals surface area contributed by atoms with E-state index in [2.05, 4.69) is 0 Å². The summed E-state index contributed by atoms with van der Waals surface area (Å²) in [6.45, 7) is 5.38. The Balaban J connectivity index is 2.48. The molecule has 1 aromatic carbocycles. The Labute approximate surface area is 159 Å². The minimum absolute atomic E-state index is 0.153. The molecule has 1 aromatic rings. The number of benzene rings is 1. The molecular weight excluding hydrogens is 372 g/mol. The highest BCUT2D eigenvalue weighted by atomic mass is 32.2. The Hall–Kier alpha value is -2.09. The molecule has 0 radical (unpaired) electrons. The summed E-state index contributed by atoms with van der Waals surface area (Å²) in [6, 6.07) is 4.23. The number of sulfone groups is 1. The summed E-state index contributed by atoms with van der Waals surface area (Å²) >= 11 is 0. The zero-order valence-electron chi connectivity index (χ0n) is 16.3. The quantitative estimate of drug-likeness (QED) is 0.652. The van der Waals surface area contributed by atoms with Crippen LogP contribution in [-0.4, -0.2) is 45.9 Å². The Bertz CT molecular complexity index is 817. The van der Waals surface area contributed by atoms with Gasteiger partial charge in [0.25, 0.3) is 0 Å². The van der Waals surface area contributed by atoms with Gasteiger partial charge in [0, 0.05) is 11.8 Å². The molecule has 0 heterocycles. The van der Waals surface area contributed by atoms with E-state index in [9.17, 15) is 18.0 Å². The van der Waals surface area contributed by atoms with E-state index in [1.54, 1.807) is 20.8 Å². The van der Waals surface area contributed by atoms with Gasteiger partial charge in [-0.3, -0.25) is 4.79 Å². The van der Waals surface area contributed by atoms with Crippen LogP contribution < -0.4 is 4.74 Å². The van der Waals surface area contributed by atoms with Gasteiger partial charge in [0.15, 0.2) is 15.1 Å². The number of esters is 2. The van der Waals surface area contributed by atoms with Crippen molar-refractivity contribution in [2.24, 2.45) is 5.92 Å². The first-order chi connectivity index (χ1) is 12.4. The van der Waals surface area contributed by atoms with Crippen molar-refractivity contribution in [3.05, 3.63) is 29.3 Å². The topological polar surface area (TPSA) is 96.0 Å². The van der Waals surface area contributed by atoms with Crippen LogP contribution in [0.15, 0.2) is 18.2 Å². The summed E-state index contributed by atoms with van der Waals surface area (Å²) in [5.74, 6) is -0.887. The van der Waals surface area contributed by atoms with E-state index < -0.39 is 32.6 Å². The van der Waals surface area contributed by atoms with E-state index in [0.29, 0.717) is 12.5 Å². The molecule has 8 heteroatoms. The summed E-state index contributed by atoms with van der Waals surface area (Å²) in [7, 11) is -2.59. The largest absolute Gasteiger partial charge is 0.493 e. The lowest BCUT2D eigenvalue weighted by Gasteiger charge is -2.24. The standard InChI is InChI=1S/C19H26O7S/c1-19(2,3)26-18(21)16(27(5,22)23)14-9-8-13(17(20)24-4)10-15(14)25-11-12-6-7-12/h8-10,12,16H,6-7,11H2,1-5H3. The highest BCUT2D eigenvalue weighted by Crippen LogP contribution is 2.36. The van der Waals surface area contributed by atoms with Crippen molar-refractivity contribution in [1.29, 1.82) is 0 Å². The van der Waals surface area contributed by atoms with Crippen LogP contribution >= 0.6 is 0 Å². The fourth-order valence-corrected chi connectivity index (χ4v) is 3.55. The van der Waals surface area contributed by atoms with Gasteiger partial charge in [0.2, 0.25) is 0 Å². The van der Waals surface area contributed by atoms with Crippen molar-refractivity contribution in [1.82, 2.24) is 0 Å². The summed E-state index contributed by atoms with van der Waals surface area (Å²) in [5, 5.41) is -1.54. The lowest BCUT2D eigenvalue weighted by Crippen LogP contribution is -2.31. The van der Waals surface area contributed by atoms with Crippen LogP contribution in [0.3, 0.4) is 0 Å². The SMILES string of the molecule is COC(=O)c1ccc(C(C(=O)OC(C)(C)C)S(C)(=O)=O)c(OCC2CC2)c1. The molecule has 0 amide bonds. The number of methoxy groups -OCH3 is 1. The van der Waals surface area contributed by atoms with Crippen LogP contribution in [0.2, 0.25) is 0 Å². The van der Waals surface area contributed by atoms with E-state index >= 15 is 0 Å². The van der Waals surface area contributed by atoms with Crippen molar-refractivity contribution in [3.63, 3.8) is 0 Å². The van der Waals surface area contributed by atoms with Crippen LogP contribution in [-0.2, 0) is 24.1 Å². The van der Waals surface area contributed by atoms with Crippen LogP contribution in [0.1, 0.15) is 54.8 Å². The molecule has 1 aliphatic carbocycles. The van der Waals surface area contributed by atoms with Gasteiger partial charge in [0.05, 0.1) is 19.3 Å². The minimum atomic E-state index is -3.84. The molecule has 0 spiro atoms. The van der Waals surface area contributed by atoms with Gasteiger partial charge >= 0.3 is 11.9 Å². The third-order valence-electron chi connectivity index (χ3n) is 3.94. The molecule has 1 aliphatic rings. The highest BCUT2D eigenvalue weighted by Gasteiger charge is 2.37. The average Bonchev–Trinajstić information content (AvgIpc) is 3.34. The second-order valence-electron chi connectivity index (χ2n) is 7.74. The van der Waals surface area contributed by atoms with Crippen LogP contribution in [0.4, 0.5) is 0 Å². The first kappa shape index (κ1) is 21.2. The van der Waals surface area contributed by atoms with Gasteiger partial charge in [-0.2, -0.15) is 0 Å². The lowest BCUT2D eigenvalue weighted by molar-refractivity contribution is -0.154. The van der Waals surface area contributed by atoms with E-state index in [-0.39, 0.29) is 16.9 Å². The Morgan fingerprint density at radius 3 is 2.33 bits per heavy atom. The highest BCUT2D eigenvalue weighted by molar-refractivity contribution is 7.91. The van der Waals surface area contributed by atoms with Crippen molar-refractivity contribution in [2.45, 2.75) is 44.5 Å². The van der Waals surface area contributed by atoms with Gasteiger partial charge in [-0.15, -0.1) is 0 Å². The van der Waals surface area contributed by atoms with Crippen molar-refractivity contribution < 1.29 is 32.2 Å². The zero-order valence-corrected chi connectivity index (χ0v) is 17.1. The molecule has 0 aliphatic heterocycles. The normalized spacial score (nSPS) is 15.7. The summed E-state index contributed by atoms with van der Waals surface area (Å²) in [6.07, 6.45) is 3.04. The predicted octanol–water partition coefficient (Wildman–Crippen LogP) is 2.69. The molecule has 1 fully saturated rings. The smallest absolute Gasteiger partial charge is 0.337 e. The molecule has 27 heavy (non-hydrogen) atoms. The predicted molar refractivity (Wildman–Crippen MR) is 99.4 cm³/mol. The third kappa shape index (κ3) is 5.95. The summed E-state index contributed by atoms with van der Waals surface area (Å²) in [5.41, 5.74) is -0.482. The van der Waals surface area contributed by atoms with Crippen molar-refractivity contribution in [2.75, 3.05) is 20.0 Å². The molecule has 0 saturated heterocycles. The molecule has 0 aromatic heterocycles. The monoisotopic (exact) mass is 398 g/mol. The molecule has 1 saturated carbocycles. The number of hydrogen-bond donors (Lipinski definition) is 0. The molecule has 1 unspecified atom stereocenters. The number of hydrogen-bond acceptors (Lipinski definition) is 7. The average molecular weight is 398 g/mol. The van der Waals surface area contributed by atoms with Gasteiger partial charge in [-0.25, -0.2) is 13.2 Å². The first-order valence-corrected chi connectivity index (χ1v) is 10.6. The number of ether oxygens (including phenoxy) is 3. The molecule has 150 valence electrons. The second kappa shape index (κ2) is 7.88. The maximum Gasteiger partial charge on any atom is 0.337 e. The molecule has 7 nitrogen and oxygen atoms in total. The number of rotatable bonds is 7. The summed E-state index contributed by atoms with van der Waals surface area (Å²) < 4.78 is 40.6. The van der Waals surface area contributed by atoms with E-state index in [1.807, 2.05) is 0 Å². The Kier molecular flexibility index (Phi) is 6.19. The fourth-order valence-electron chi connectivity index (χ4n) is 2.50. The molecule has 0 N–H and O–H groups in total. The van der Waals surface area contributed by atoms with E-state index in [4.69, 9.17) is 14.2 Å². The van der Waals surface area contributed by atoms with Gasteiger partial charge in [-0.1, -0.05) is 6.07 Å². The van der Waals surface area contributed by atoms with Gasteiger partial charge in [0.1, 0.15) is 11.4 Å². The number of carbonyl (C=O) groups excluding carboxylic acids is 2. The maximum absolute atomic E-state index is 12.6. The number of carbonyl (C=O) groups is 2. The minimum Gasteiger partial charge on any atom is -0.493 e. The van der Waals surface area contributed by atoms with Gasteiger partial charge < -0.3 is 14.2 Å². The van der Waals surface area contributed by atoms with Crippen LogP contribution in [0.25, 0.3) is 0 Å². The van der Waals surface area contributed by atoms with Crippen molar-refractivity contribution >= 4 is 21.8 Å². The maximum atomic E-state index is 12.6. The molecule has 1 atom stereocenters. The third-order valence-corrected chi connectivity index (χ3v) is 5.24. The fraction of sp³-hybridized carbons (Fsp3) is 0.579. The molecule has 0 bridgehead atoms. The molecule has 2 rings (SSSR count). The van der Waals surface area contributed by atoms with E-state index in [0.717, 1.165) is 19.1 Å². The van der Waals surface area contributed by atoms with Gasteiger partial charge in [-0.05, 0) is 51.7 Å². The lowest BCUT2D eigenvalue weighted by atomic mass is 10.1.